The molecule has 0 spiro atoms. The first-order valence-electron chi connectivity index (χ1n) is 4.20. The minimum absolute atomic E-state index is 0.219. The summed E-state index contributed by atoms with van der Waals surface area (Å²) >= 11 is 1.20. The number of rotatable bonds is 2. The van der Waals surface area contributed by atoms with Crippen molar-refractivity contribution >= 4 is 11.3 Å². The fourth-order valence-electron chi connectivity index (χ4n) is 1.07. The first-order valence-corrected chi connectivity index (χ1v) is 5.08. The first-order chi connectivity index (χ1) is 7.09. The molecule has 0 aliphatic heterocycles. The summed E-state index contributed by atoms with van der Waals surface area (Å²) in [5.41, 5.74) is 5.20. The molecule has 0 aliphatic rings. The van der Waals surface area contributed by atoms with Gasteiger partial charge in [0.25, 0.3) is 0 Å². The monoisotopic (exact) mass is 227 g/mol. The molecule has 80 valence electrons. The highest BCUT2D eigenvalue weighted by Gasteiger charge is 2.11. The Bertz CT molecular complexity index is 547. The molecule has 0 bridgehead atoms. The highest BCUT2D eigenvalue weighted by atomic mass is 32.1. The maximum absolute atomic E-state index is 11.2. The number of nitrogens with one attached hydrogen (secondary N) is 2. The third-order valence-electron chi connectivity index (χ3n) is 1.85. The van der Waals surface area contributed by atoms with Crippen LogP contribution in [0.2, 0.25) is 0 Å². The van der Waals surface area contributed by atoms with Crippen LogP contribution in [-0.4, -0.2) is 19.7 Å². The molecule has 1 atom stereocenters. The van der Waals surface area contributed by atoms with Crippen molar-refractivity contribution in [1.82, 2.24) is 19.7 Å². The summed E-state index contributed by atoms with van der Waals surface area (Å²) in [6.07, 6.45) is 0. The van der Waals surface area contributed by atoms with Crippen molar-refractivity contribution in [3.05, 3.63) is 32.0 Å². The molecule has 0 saturated heterocycles. The summed E-state index contributed by atoms with van der Waals surface area (Å²) < 4.78 is 0.927. The number of nitrogens with zero attached hydrogens (tertiary/aromatic N) is 2. The van der Waals surface area contributed by atoms with E-state index in [9.17, 15) is 9.59 Å². The van der Waals surface area contributed by atoms with Gasteiger partial charge >= 0.3 is 11.4 Å². The summed E-state index contributed by atoms with van der Waals surface area (Å²) in [6.45, 7) is 1.78. The van der Waals surface area contributed by atoms with Crippen LogP contribution in [-0.2, 0) is 0 Å². The maximum Gasteiger partial charge on any atom is 0.350 e. The van der Waals surface area contributed by atoms with E-state index in [1.165, 1.54) is 11.3 Å². The Balaban J connectivity index is 2.55. The highest BCUT2D eigenvalue weighted by molar-refractivity contribution is 7.12. The molecule has 7 nitrogen and oxygen atoms in total. The Morgan fingerprint density at radius 2 is 2.07 bits per heavy atom. The van der Waals surface area contributed by atoms with Crippen LogP contribution in [0.25, 0.3) is 5.13 Å². The molecule has 0 aliphatic carbocycles. The zero-order chi connectivity index (χ0) is 11.0. The largest absolute Gasteiger partial charge is 0.350 e. The third kappa shape index (κ3) is 1.64. The Labute approximate surface area is 87.6 Å². The van der Waals surface area contributed by atoms with Gasteiger partial charge in [0.05, 0.1) is 5.69 Å². The minimum atomic E-state index is -0.537. The van der Waals surface area contributed by atoms with E-state index in [0.717, 1.165) is 4.57 Å². The fraction of sp³-hybridized carbons (Fsp3) is 0.286. The van der Waals surface area contributed by atoms with Crippen LogP contribution < -0.4 is 17.1 Å². The van der Waals surface area contributed by atoms with Gasteiger partial charge in [-0.25, -0.2) is 24.8 Å². The zero-order valence-corrected chi connectivity index (χ0v) is 8.67. The van der Waals surface area contributed by atoms with Crippen LogP contribution in [0.5, 0.6) is 0 Å². The number of aromatic amines is 2. The van der Waals surface area contributed by atoms with Crippen LogP contribution in [0.1, 0.15) is 18.7 Å². The summed E-state index contributed by atoms with van der Waals surface area (Å²) in [4.78, 5) is 26.6. The van der Waals surface area contributed by atoms with Crippen molar-refractivity contribution in [2.75, 3.05) is 0 Å². The quantitative estimate of drug-likeness (QED) is 0.632. The average molecular weight is 227 g/mol. The number of H-pyrrole nitrogens is 2. The second kappa shape index (κ2) is 3.48. The molecule has 4 N–H and O–H groups in total. The summed E-state index contributed by atoms with van der Waals surface area (Å²) in [5, 5.41) is 6.39. The maximum atomic E-state index is 11.2. The van der Waals surface area contributed by atoms with E-state index in [-0.39, 0.29) is 6.04 Å². The smallest absolute Gasteiger partial charge is 0.323 e. The topological polar surface area (TPSA) is 110 Å². The fourth-order valence-corrected chi connectivity index (χ4v) is 2.00. The molecule has 2 aromatic rings. The van der Waals surface area contributed by atoms with Gasteiger partial charge in [-0.3, -0.25) is 0 Å². The summed E-state index contributed by atoms with van der Waals surface area (Å²) in [7, 11) is 0. The molecule has 0 radical (unpaired) electrons. The lowest BCUT2D eigenvalue weighted by atomic mass is 10.3. The van der Waals surface area contributed by atoms with Crippen LogP contribution in [0.4, 0.5) is 0 Å². The van der Waals surface area contributed by atoms with Gasteiger partial charge in [0.2, 0.25) is 5.13 Å². The third-order valence-corrected chi connectivity index (χ3v) is 2.69. The van der Waals surface area contributed by atoms with E-state index in [0.29, 0.717) is 10.8 Å². The van der Waals surface area contributed by atoms with Crippen molar-refractivity contribution < 1.29 is 0 Å². The molecule has 15 heavy (non-hydrogen) atoms. The molecule has 2 heterocycles. The SMILES string of the molecule is CC(N)c1csc(-n2c(=O)[nH][nH]c2=O)n1. The van der Waals surface area contributed by atoms with Crippen LogP contribution in [0.15, 0.2) is 15.0 Å². The van der Waals surface area contributed by atoms with Crippen LogP contribution >= 0.6 is 11.3 Å². The van der Waals surface area contributed by atoms with Crippen molar-refractivity contribution in [2.24, 2.45) is 5.73 Å². The van der Waals surface area contributed by atoms with Gasteiger partial charge < -0.3 is 5.73 Å². The predicted molar refractivity (Wildman–Crippen MR) is 55.3 cm³/mol. The number of nitrogens with two attached hydrogens (primary N) is 1. The Kier molecular flexibility index (Phi) is 2.29. The molecule has 1 unspecified atom stereocenters. The lowest BCUT2D eigenvalue weighted by molar-refractivity contribution is 0.780. The van der Waals surface area contributed by atoms with Gasteiger partial charge in [-0.2, -0.15) is 4.57 Å². The normalized spacial score (nSPS) is 12.9. The molecule has 0 amide bonds. The Morgan fingerprint density at radius 3 is 2.53 bits per heavy atom. The minimum Gasteiger partial charge on any atom is -0.323 e. The van der Waals surface area contributed by atoms with Gasteiger partial charge in [0.15, 0.2) is 0 Å². The van der Waals surface area contributed by atoms with Crippen molar-refractivity contribution in [3.8, 4) is 5.13 Å². The molecular weight excluding hydrogens is 218 g/mol. The van der Waals surface area contributed by atoms with E-state index in [1.807, 2.05) is 0 Å². The number of hydrogen-bond donors (Lipinski definition) is 3. The molecule has 2 aromatic heterocycles. The van der Waals surface area contributed by atoms with E-state index < -0.39 is 11.4 Å². The van der Waals surface area contributed by atoms with Gasteiger partial charge in [-0.05, 0) is 6.92 Å². The number of thiazole rings is 1. The zero-order valence-electron chi connectivity index (χ0n) is 7.85. The lowest BCUT2D eigenvalue weighted by Gasteiger charge is -1.96. The summed E-state index contributed by atoms with van der Waals surface area (Å²) in [6, 6.07) is -0.219. The molecule has 0 saturated carbocycles. The predicted octanol–water partition coefficient (Wildman–Crippen LogP) is -0.670. The second-order valence-corrected chi connectivity index (χ2v) is 3.88. The Hall–Kier alpha value is -1.67. The van der Waals surface area contributed by atoms with E-state index in [1.54, 1.807) is 12.3 Å². The lowest BCUT2D eigenvalue weighted by Crippen LogP contribution is -2.24. The first kappa shape index (κ1) is 9.87. The van der Waals surface area contributed by atoms with E-state index >= 15 is 0 Å². The van der Waals surface area contributed by atoms with Crippen molar-refractivity contribution in [3.63, 3.8) is 0 Å². The van der Waals surface area contributed by atoms with E-state index in [2.05, 4.69) is 15.2 Å². The molecular formula is C7H9N5O2S. The Morgan fingerprint density at radius 1 is 1.47 bits per heavy atom. The van der Waals surface area contributed by atoms with Gasteiger partial charge in [0.1, 0.15) is 0 Å². The molecule has 0 aromatic carbocycles. The highest BCUT2D eigenvalue weighted by Crippen LogP contribution is 2.15. The van der Waals surface area contributed by atoms with Crippen molar-refractivity contribution in [1.29, 1.82) is 0 Å². The summed E-state index contributed by atoms with van der Waals surface area (Å²) in [5.74, 6) is 0. The van der Waals surface area contributed by atoms with Gasteiger partial charge in [-0.1, -0.05) is 0 Å². The standard InChI is InChI=1S/C7H9N5O2S/c1-3(8)4-2-15-7(9-4)12-5(13)10-11-6(12)14/h2-3H,8H2,1H3,(H,10,13)(H,11,14). The molecule has 2 rings (SSSR count). The molecule has 0 fully saturated rings. The van der Waals surface area contributed by atoms with Crippen LogP contribution in [0, 0.1) is 0 Å². The van der Waals surface area contributed by atoms with E-state index in [4.69, 9.17) is 5.73 Å². The second-order valence-electron chi connectivity index (χ2n) is 3.04. The molecule has 8 heteroatoms. The average Bonchev–Trinajstić information content (AvgIpc) is 2.73. The number of hydrogen-bond acceptors (Lipinski definition) is 5. The van der Waals surface area contributed by atoms with Gasteiger partial charge in [0, 0.05) is 11.4 Å². The van der Waals surface area contributed by atoms with Gasteiger partial charge in [-0.15, -0.1) is 11.3 Å². The van der Waals surface area contributed by atoms with Crippen molar-refractivity contribution in [2.45, 2.75) is 13.0 Å². The van der Waals surface area contributed by atoms with Crippen LogP contribution in [0.3, 0.4) is 0 Å². The number of aromatic nitrogens is 4.